The molecule has 0 spiro atoms. The lowest BCUT2D eigenvalue weighted by molar-refractivity contribution is -0.129. The molecule has 0 saturated carbocycles. The van der Waals surface area contributed by atoms with Crippen molar-refractivity contribution in [2.24, 2.45) is 5.92 Å². The standard InChI is InChI=1S/C22H23N3O2S/c1-15(2)21(27-18-10-5-3-8-16(18)14-23)22(26)24-13-7-12-20-25-17-9-4-6-11-19(17)28-20/h3-6,8-11,15,21H,7,12-13H2,1-2H3,(H,24,26). The summed E-state index contributed by atoms with van der Waals surface area (Å²) in [5.74, 6) is 0.261. The summed E-state index contributed by atoms with van der Waals surface area (Å²) in [6.45, 7) is 4.42. The molecule has 1 heterocycles. The van der Waals surface area contributed by atoms with E-state index in [4.69, 9.17) is 4.74 Å². The number of hydrogen-bond donors (Lipinski definition) is 1. The van der Waals surface area contributed by atoms with E-state index >= 15 is 0 Å². The number of para-hydroxylation sites is 2. The van der Waals surface area contributed by atoms with Crippen LogP contribution in [-0.2, 0) is 11.2 Å². The highest BCUT2D eigenvalue weighted by atomic mass is 32.1. The predicted octanol–water partition coefficient (Wildman–Crippen LogP) is 4.32. The van der Waals surface area contributed by atoms with Gasteiger partial charge in [-0.15, -0.1) is 11.3 Å². The second-order valence-corrected chi connectivity index (χ2v) is 7.98. The lowest BCUT2D eigenvalue weighted by Gasteiger charge is -2.22. The van der Waals surface area contributed by atoms with Gasteiger partial charge in [0.1, 0.15) is 11.8 Å². The van der Waals surface area contributed by atoms with Crippen molar-refractivity contribution in [3.05, 3.63) is 59.1 Å². The van der Waals surface area contributed by atoms with E-state index in [1.54, 1.807) is 35.6 Å². The fraction of sp³-hybridized carbons (Fsp3) is 0.318. The number of ether oxygens (including phenoxy) is 1. The average Bonchev–Trinajstić information content (AvgIpc) is 3.12. The first-order valence-corrected chi connectivity index (χ1v) is 10.2. The number of hydrogen-bond acceptors (Lipinski definition) is 5. The highest BCUT2D eigenvalue weighted by Crippen LogP contribution is 2.23. The van der Waals surface area contributed by atoms with Crippen LogP contribution in [0.3, 0.4) is 0 Å². The summed E-state index contributed by atoms with van der Waals surface area (Å²) in [6.07, 6.45) is 0.992. The van der Waals surface area contributed by atoms with Crippen molar-refractivity contribution >= 4 is 27.5 Å². The quantitative estimate of drug-likeness (QED) is 0.578. The molecular weight excluding hydrogens is 370 g/mol. The Morgan fingerprint density at radius 2 is 1.96 bits per heavy atom. The molecule has 1 unspecified atom stereocenters. The van der Waals surface area contributed by atoms with E-state index in [1.807, 2.05) is 32.0 Å². The Bertz CT molecular complexity index is 958. The topological polar surface area (TPSA) is 75.0 Å². The van der Waals surface area contributed by atoms with E-state index in [-0.39, 0.29) is 11.8 Å². The fourth-order valence-corrected chi connectivity index (χ4v) is 3.88. The Labute approximate surface area is 169 Å². The Kier molecular flexibility index (Phi) is 6.62. The first kappa shape index (κ1) is 19.8. The largest absolute Gasteiger partial charge is 0.479 e. The molecule has 3 aromatic rings. The number of fused-ring (bicyclic) bond motifs is 1. The number of nitrogens with zero attached hydrogens (tertiary/aromatic N) is 2. The lowest BCUT2D eigenvalue weighted by Crippen LogP contribution is -2.42. The Morgan fingerprint density at radius 1 is 1.21 bits per heavy atom. The summed E-state index contributed by atoms with van der Waals surface area (Å²) in [5, 5.41) is 13.2. The van der Waals surface area contributed by atoms with Crippen LogP contribution < -0.4 is 10.1 Å². The van der Waals surface area contributed by atoms with Gasteiger partial charge in [-0.3, -0.25) is 4.79 Å². The molecular formula is C22H23N3O2S. The van der Waals surface area contributed by atoms with Crippen molar-refractivity contribution < 1.29 is 9.53 Å². The summed E-state index contributed by atoms with van der Waals surface area (Å²) in [6, 6.07) is 17.2. The third-order valence-corrected chi connectivity index (χ3v) is 5.43. The maximum absolute atomic E-state index is 12.6. The second-order valence-electron chi connectivity index (χ2n) is 6.86. The number of carbonyl (C=O) groups is 1. The summed E-state index contributed by atoms with van der Waals surface area (Å²) >= 11 is 1.69. The van der Waals surface area contributed by atoms with Crippen LogP contribution in [0.5, 0.6) is 5.75 Å². The molecule has 1 amide bonds. The highest BCUT2D eigenvalue weighted by molar-refractivity contribution is 7.18. The van der Waals surface area contributed by atoms with Crippen LogP contribution >= 0.6 is 11.3 Å². The van der Waals surface area contributed by atoms with E-state index in [9.17, 15) is 10.1 Å². The van der Waals surface area contributed by atoms with Gasteiger partial charge in [-0.25, -0.2) is 4.98 Å². The van der Waals surface area contributed by atoms with E-state index in [1.165, 1.54) is 4.70 Å². The Balaban J connectivity index is 1.53. The van der Waals surface area contributed by atoms with E-state index in [0.29, 0.717) is 17.9 Å². The summed E-state index contributed by atoms with van der Waals surface area (Å²) in [4.78, 5) is 17.2. The first-order chi connectivity index (χ1) is 13.6. The molecule has 0 aliphatic carbocycles. The molecule has 144 valence electrons. The van der Waals surface area contributed by atoms with Crippen molar-refractivity contribution in [1.82, 2.24) is 10.3 Å². The zero-order valence-electron chi connectivity index (χ0n) is 16.0. The van der Waals surface area contributed by atoms with Gasteiger partial charge < -0.3 is 10.1 Å². The van der Waals surface area contributed by atoms with Crippen molar-refractivity contribution in [2.45, 2.75) is 32.8 Å². The molecule has 1 atom stereocenters. The van der Waals surface area contributed by atoms with Gasteiger partial charge in [0.2, 0.25) is 0 Å². The highest BCUT2D eigenvalue weighted by Gasteiger charge is 2.24. The number of thiazole rings is 1. The molecule has 5 nitrogen and oxygen atoms in total. The van der Waals surface area contributed by atoms with Crippen LogP contribution in [0, 0.1) is 17.2 Å². The summed E-state index contributed by atoms with van der Waals surface area (Å²) in [5.41, 5.74) is 1.45. The zero-order chi connectivity index (χ0) is 19.9. The molecule has 28 heavy (non-hydrogen) atoms. The van der Waals surface area contributed by atoms with E-state index < -0.39 is 6.10 Å². The lowest BCUT2D eigenvalue weighted by atomic mass is 10.1. The minimum atomic E-state index is -0.642. The molecule has 1 N–H and O–H groups in total. The maximum atomic E-state index is 12.6. The van der Waals surface area contributed by atoms with Gasteiger partial charge in [-0.05, 0) is 36.6 Å². The normalized spacial score (nSPS) is 11.9. The van der Waals surface area contributed by atoms with Gasteiger partial charge >= 0.3 is 0 Å². The van der Waals surface area contributed by atoms with Gasteiger partial charge in [0.25, 0.3) is 5.91 Å². The van der Waals surface area contributed by atoms with Crippen molar-refractivity contribution in [3.63, 3.8) is 0 Å². The Morgan fingerprint density at radius 3 is 2.71 bits per heavy atom. The van der Waals surface area contributed by atoms with Crippen molar-refractivity contribution in [1.29, 1.82) is 5.26 Å². The molecule has 1 aromatic heterocycles. The first-order valence-electron chi connectivity index (χ1n) is 9.36. The van der Waals surface area contributed by atoms with Crippen LogP contribution in [0.4, 0.5) is 0 Å². The summed E-state index contributed by atoms with van der Waals surface area (Å²) < 4.78 is 7.06. The van der Waals surface area contributed by atoms with Crippen LogP contribution in [-0.4, -0.2) is 23.5 Å². The fourth-order valence-electron chi connectivity index (χ4n) is 2.87. The van der Waals surface area contributed by atoms with Crippen LogP contribution in [0.25, 0.3) is 10.2 Å². The molecule has 0 saturated heterocycles. The smallest absolute Gasteiger partial charge is 0.261 e. The van der Waals surface area contributed by atoms with Crippen LogP contribution in [0.15, 0.2) is 48.5 Å². The van der Waals surface area contributed by atoms with Crippen molar-refractivity contribution in [2.75, 3.05) is 6.54 Å². The molecule has 0 radical (unpaired) electrons. The van der Waals surface area contributed by atoms with Gasteiger partial charge in [0.15, 0.2) is 6.10 Å². The number of nitrogens with one attached hydrogen (secondary N) is 1. The number of carbonyl (C=O) groups excluding carboxylic acids is 1. The Hall–Kier alpha value is -2.91. The predicted molar refractivity (Wildman–Crippen MR) is 111 cm³/mol. The van der Waals surface area contributed by atoms with Gasteiger partial charge in [0.05, 0.1) is 20.8 Å². The number of aromatic nitrogens is 1. The second kappa shape index (κ2) is 9.34. The molecule has 6 heteroatoms. The van der Waals surface area contributed by atoms with E-state index in [2.05, 4.69) is 22.4 Å². The molecule has 0 fully saturated rings. The molecule has 3 rings (SSSR count). The molecule has 0 aliphatic heterocycles. The minimum absolute atomic E-state index is 0.0176. The molecule has 0 aliphatic rings. The number of aryl methyl sites for hydroxylation is 1. The van der Waals surface area contributed by atoms with Gasteiger partial charge in [-0.1, -0.05) is 38.1 Å². The van der Waals surface area contributed by atoms with Crippen LogP contribution in [0.2, 0.25) is 0 Å². The van der Waals surface area contributed by atoms with Gasteiger partial charge in [0, 0.05) is 13.0 Å². The molecule has 0 bridgehead atoms. The minimum Gasteiger partial charge on any atom is -0.479 e. The SMILES string of the molecule is CC(C)C(Oc1ccccc1C#N)C(=O)NCCCc1nc2ccccc2s1. The van der Waals surface area contributed by atoms with Gasteiger partial charge in [-0.2, -0.15) is 5.26 Å². The van der Waals surface area contributed by atoms with E-state index in [0.717, 1.165) is 23.4 Å². The average molecular weight is 394 g/mol. The summed E-state index contributed by atoms with van der Waals surface area (Å²) in [7, 11) is 0. The number of rotatable bonds is 8. The zero-order valence-corrected chi connectivity index (χ0v) is 16.8. The number of benzene rings is 2. The molecule has 2 aromatic carbocycles. The maximum Gasteiger partial charge on any atom is 0.261 e. The number of amides is 1. The number of nitriles is 1. The van der Waals surface area contributed by atoms with Crippen molar-refractivity contribution in [3.8, 4) is 11.8 Å². The monoisotopic (exact) mass is 393 g/mol. The van der Waals surface area contributed by atoms with Crippen LogP contribution in [0.1, 0.15) is 30.8 Å². The third-order valence-electron chi connectivity index (χ3n) is 4.33. The third kappa shape index (κ3) is 4.87.